The van der Waals surface area contributed by atoms with E-state index < -0.39 is 18.3 Å². The molecule has 1 aliphatic rings. The maximum atomic E-state index is 14.6. The summed E-state index contributed by atoms with van der Waals surface area (Å²) in [6, 6.07) is 10.1. The molecule has 1 aromatic carbocycles. The van der Waals surface area contributed by atoms with Crippen molar-refractivity contribution in [3.05, 3.63) is 71.4 Å². The highest BCUT2D eigenvalue weighted by Gasteiger charge is 2.27. The van der Waals surface area contributed by atoms with Crippen LogP contribution in [0.4, 0.5) is 4.39 Å². The molecule has 2 N–H and O–H groups in total. The van der Waals surface area contributed by atoms with Crippen molar-refractivity contribution in [2.24, 2.45) is 0 Å². The molecule has 30 heavy (non-hydrogen) atoms. The van der Waals surface area contributed by atoms with Crippen molar-refractivity contribution in [1.82, 2.24) is 0 Å². The average Bonchev–Trinajstić information content (AvgIpc) is 3.18. The van der Waals surface area contributed by atoms with E-state index in [0.717, 1.165) is 10.3 Å². The van der Waals surface area contributed by atoms with E-state index in [2.05, 4.69) is 18.7 Å². The molecular weight excluding hydrogens is 399 g/mol. The third kappa shape index (κ3) is 7.80. The molecular formula is C25H35FO3S. The van der Waals surface area contributed by atoms with Crippen LogP contribution in [0.15, 0.2) is 66.5 Å². The Morgan fingerprint density at radius 3 is 2.57 bits per heavy atom. The number of aliphatic hydroxyl groups excluding tert-OH is 2. The highest BCUT2D eigenvalue weighted by Crippen LogP contribution is 2.30. The lowest BCUT2D eigenvalue weighted by Crippen LogP contribution is -2.36. The van der Waals surface area contributed by atoms with Crippen molar-refractivity contribution in [2.75, 3.05) is 6.61 Å². The molecule has 0 spiro atoms. The van der Waals surface area contributed by atoms with E-state index in [4.69, 9.17) is 4.74 Å². The largest absolute Gasteiger partial charge is 0.394 e. The Bertz CT molecular complexity index is 792. The molecule has 0 amide bonds. The molecule has 3 rings (SSSR count). The third-order valence-corrected chi connectivity index (χ3v) is 5.53. The van der Waals surface area contributed by atoms with Gasteiger partial charge in [0.05, 0.1) is 24.9 Å². The van der Waals surface area contributed by atoms with E-state index in [9.17, 15) is 14.6 Å². The first-order valence-electron chi connectivity index (χ1n) is 10.7. The number of halogens is 1. The number of aliphatic hydroxyl groups is 2. The molecule has 1 saturated heterocycles. The molecule has 0 bridgehead atoms. The van der Waals surface area contributed by atoms with Gasteiger partial charge < -0.3 is 14.9 Å². The smallest absolute Gasteiger partial charge is 0.126 e. The Hall–Kier alpha value is -1.79. The fourth-order valence-corrected chi connectivity index (χ4v) is 4.31. The lowest BCUT2D eigenvalue weighted by Gasteiger charge is -2.31. The van der Waals surface area contributed by atoms with Crippen LogP contribution in [0.1, 0.15) is 45.4 Å². The summed E-state index contributed by atoms with van der Waals surface area (Å²) in [5.74, 6) is -0.360. The average molecular weight is 435 g/mol. The first-order chi connectivity index (χ1) is 14.6. The number of ether oxygens (including phenoxy) is 1. The molecule has 3 nitrogen and oxygen atoms in total. The van der Waals surface area contributed by atoms with Gasteiger partial charge in [0.1, 0.15) is 5.83 Å². The molecule has 0 radical (unpaired) electrons. The minimum Gasteiger partial charge on any atom is -0.394 e. The van der Waals surface area contributed by atoms with E-state index in [1.54, 1.807) is 17.4 Å². The number of hydrogen-bond donors (Lipinski definition) is 2. The number of thiophene rings is 1. The van der Waals surface area contributed by atoms with Crippen LogP contribution in [0.3, 0.4) is 0 Å². The van der Waals surface area contributed by atoms with Crippen molar-refractivity contribution in [1.29, 1.82) is 0 Å². The van der Waals surface area contributed by atoms with Gasteiger partial charge in [-0.05, 0) is 35.2 Å². The topological polar surface area (TPSA) is 49.7 Å². The van der Waals surface area contributed by atoms with Crippen molar-refractivity contribution in [3.8, 4) is 0 Å². The van der Waals surface area contributed by atoms with E-state index in [1.165, 1.54) is 16.9 Å². The van der Waals surface area contributed by atoms with Gasteiger partial charge in [0, 0.05) is 28.8 Å². The van der Waals surface area contributed by atoms with Gasteiger partial charge in [-0.15, -0.1) is 11.3 Å². The van der Waals surface area contributed by atoms with Gasteiger partial charge >= 0.3 is 0 Å². The molecule has 1 aromatic heterocycles. The molecule has 166 valence electrons. The Balaban J connectivity index is 0.00000106. The van der Waals surface area contributed by atoms with E-state index in [1.807, 2.05) is 45.9 Å². The van der Waals surface area contributed by atoms with Gasteiger partial charge in [-0.3, -0.25) is 0 Å². The van der Waals surface area contributed by atoms with Crippen LogP contribution < -0.4 is 0 Å². The molecule has 1 unspecified atom stereocenters. The highest BCUT2D eigenvalue weighted by molar-refractivity contribution is 7.19. The van der Waals surface area contributed by atoms with Crippen LogP contribution in [0.25, 0.3) is 10.1 Å². The lowest BCUT2D eigenvalue weighted by atomic mass is 9.98. The number of rotatable bonds is 6. The summed E-state index contributed by atoms with van der Waals surface area (Å²) in [6.07, 6.45) is 4.31. The van der Waals surface area contributed by atoms with Crippen LogP contribution >= 0.6 is 11.3 Å². The molecule has 1 fully saturated rings. The van der Waals surface area contributed by atoms with Gasteiger partial charge in [0.25, 0.3) is 0 Å². The van der Waals surface area contributed by atoms with Gasteiger partial charge in [0.15, 0.2) is 0 Å². The second-order valence-electron chi connectivity index (χ2n) is 6.47. The predicted molar refractivity (Wildman–Crippen MR) is 127 cm³/mol. The van der Waals surface area contributed by atoms with Crippen LogP contribution in [-0.2, 0) is 11.2 Å². The Morgan fingerprint density at radius 2 is 1.93 bits per heavy atom. The Labute approximate surface area is 184 Å². The number of allylic oxidation sites excluding steroid dienone is 4. The number of fused-ring (bicyclic) bond motifs is 1. The van der Waals surface area contributed by atoms with Crippen molar-refractivity contribution in [2.45, 2.75) is 65.3 Å². The fraction of sp³-hybridized carbons (Fsp3) is 0.440. The van der Waals surface area contributed by atoms with Crippen LogP contribution in [0.5, 0.6) is 0 Å². The molecule has 0 saturated carbocycles. The van der Waals surface area contributed by atoms with Gasteiger partial charge in [0.2, 0.25) is 0 Å². The van der Waals surface area contributed by atoms with E-state index >= 15 is 0 Å². The second kappa shape index (κ2) is 14.3. The summed E-state index contributed by atoms with van der Waals surface area (Å²) in [5, 5.41) is 20.4. The number of hydrogen-bond acceptors (Lipinski definition) is 4. The molecule has 5 heteroatoms. The fourth-order valence-electron chi connectivity index (χ4n) is 3.22. The minimum atomic E-state index is -0.556. The summed E-state index contributed by atoms with van der Waals surface area (Å²) in [6.45, 7) is 11.4. The van der Waals surface area contributed by atoms with Crippen LogP contribution in [-0.4, -0.2) is 35.1 Å². The number of benzene rings is 1. The van der Waals surface area contributed by atoms with E-state index in [-0.39, 0.29) is 12.4 Å². The summed E-state index contributed by atoms with van der Waals surface area (Å²) in [4.78, 5) is 1.06. The standard InChI is InChI=1S/C21H23FO3S.2C2H6/c1-2-5-20(22)15(8-17-11-16(24)12-18(13-23)25-17)10-19-9-14-6-3-4-7-21(14)26-19;2*1-2/h2-9,16-18,23-24H,1,10-13H2;2*1-2H3/b15-8-,20-5+;;/t16-,17?,18+;;/m1../s1. The molecule has 2 heterocycles. The van der Waals surface area contributed by atoms with Crippen LogP contribution in [0, 0.1) is 0 Å². The van der Waals surface area contributed by atoms with Crippen molar-refractivity contribution < 1.29 is 19.3 Å². The molecule has 3 atom stereocenters. The summed E-state index contributed by atoms with van der Waals surface area (Å²) in [5.41, 5.74) is 0.507. The summed E-state index contributed by atoms with van der Waals surface area (Å²) >= 11 is 1.64. The maximum Gasteiger partial charge on any atom is 0.126 e. The highest BCUT2D eigenvalue weighted by atomic mass is 32.1. The van der Waals surface area contributed by atoms with Crippen LogP contribution in [0.2, 0.25) is 0 Å². The predicted octanol–water partition coefficient (Wildman–Crippen LogP) is 6.36. The first kappa shape index (κ1) is 26.2. The second-order valence-corrected chi connectivity index (χ2v) is 7.64. The minimum absolute atomic E-state index is 0.155. The zero-order valence-corrected chi connectivity index (χ0v) is 19.3. The molecule has 2 aromatic rings. The van der Waals surface area contributed by atoms with Gasteiger partial charge in [-0.2, -0.15) is 0 Å². The normalized spacial score (nSPS) is 21.9. The Morgan fingerprint density at radius 1 is 1.23 bits per heavy atom. The molecule has 0 aliphatic carbocycles. The Kier molecular flexibility index (Phi) is 12.5. The first-order valence-corrected chi connectivity index (χ1v) is 11.5. The quantitative estimate of drug-likeness (QED) is 0.520. The van der Waals surface area contributed by atoms with E-state index in [0.29, 0.717) is 24.8 Å². The summed E-state index contributed by atoms with van der Waals surface area (Å²) in [7, 11) is 0. The SMILES string of the molecule is C=C/C=C(F)\C(=C/C1C[C@@H](O)C[C@@H](CO)O1)Cc1cc2ccccc2s1.CC.CC. The van der Waals surface area contributed by atoms with Gasteiger partial charge in [-0.25, -0.2) is 4.39 Å². The maximum absolute atomic E-state index is 14.6. The van der Waals surface area contributed by atoms with Crippen molar-refractivity contribution in [3.63, 3.8) is 0 Å². The third-order valence-electron chi connectivity index (χ3n) is 4.41. The zero-order chi connectivity index (χ0) is 22.5. The van der Waals surface area contributed by atoms with Crippen molar-refractivity contribution >= 4 is 21.4 Å². The monoisotopic (exact) mass is 434 g/mol. The lowest BCUT2D eigenvalue weighted by molar-refractivity contribution is -0.0937. The van der Waals surface area contributed by atoms with Gasteiger partial charge in [-0.1, -0.05) is 58.5 Å². The zero-order valence-electron chi connectivity index (χ0n) is 18.5. The summed E-state index contributed by atoms with van der Waals surface area (Å²) < 4.78 is 21.5. The molecule has 1 aliphatic heterocycles.